The van der Waals surface area contributed by atoms with E-state index in [1.54, 1.807) is 11.1 Å². The molecular formula is C19H23N3O4. The minimum atomic E-state index is -0.853. The second-order valence-electron chi connectivity index (χ2n) is 6.87. The number of benzene rings is 1. The topological polar surface area (TPSA) is 86.1 Å². The molecule has 1 aromatic heterocycles. The van der Waals surface area contributed by atoms with Crippen LogP contribution in [0.3, 0.4) is 0 Å². The van der Waals surface area contributed by atoms with Gasteiger partial charge < -0.3 is 19.8 Å². The van der Waals surface area contributed by atoms with Gasteiger partial charge in [0.25, 0.3) is 5.91 Å². The van der Waals surface area contributed by atoms with Gasteiger partial charge in [0.15, 0.2) is 0 Å². The van der Waals surface area contributed by atoms with Gasteiger partial charge in [-0.3, -0.25) is 14.7 Å². The molecule has 0 bridgehead atoms. The summed E-state index contributed by atoms with van der Waals surface area (Å²) >= 11 is 0. The van der Waals surface area contributed by atoms with E-state index in [9.17, 15) is 15.0 Å². The van der Waals surface area contributed by atoms with E-state index in [4.69, 9.17) is 4.74 Å². The number of carbonyl (C=O) groups is 1. The standard InChI is InChI=1S/C19H23N3O4/c23-16-12-26-11-15(18(16)24)21-7-9-22(10-8-21)19(25)17-14-4-2-1-3-13(14)5-6-20-17/h1-6,15-16,18,23-24H,7-12H2/t15-,16-,18+/m1/s1. The van der Waals surface area contributed by atoms with Gasteiger partial charge in [-0.1, -0.05) is 24.3 Å². The molecule has 7 nitrogen and oxygen atoms in total. The van der Waals surface area contributed by atoms with Crippen molar-refractivity contribution in [3.8, 4) is 0 Å². The van der Waals surface area contributed by atoms with Crippen molar-refractivity contribution < 1.29 is 19.7 Å². The predicted octanol–water partition coefficient (Wildman–Crippen LogP) is 0.113. The van der Waals surface area contributed by atoms with Gasteiger partial charge >= 0.3 is 0 Å². The van der Waals surface area contributed by atoms with Crippen molar-refractivity contribution in [3.05, 3.63) is 42.2 Å². The second kappa shape index (κ2) is 7.28. The van der Waals surface area contributed by atoms with Crippen LogP contribution in [0.15, 0.2) is 36.5 Å². The maximum absolute atomic E-state index is 12.9. The molecule has 0 spiro atoms. The molecule has 0 saturated carbocycles. The molecule has 3 heterocycles. The minimum Gasteiger partial charge on any atom is -0.389 e. The Bertz CT molecular complexity index is 786. The van der Waals surface area contributed by atoms with Gasteiger partial charge in [0.1, 0.15) is 11.8 Å². The third kappa shape index (κ3) is 3.19. The summed E-state index contributed by atoms with van der Waals surface area (Å²) in [5, 5.41) is 21.9. The van der Waals surface area contributed by atoms with E-state index in [0.29, 0.717) is 38.5 Å². The lowest BCUT2D eigenvalue weighted by atomic mass is 10.0. The van der Waals surface area contributed by atoms with Gasteiger partial charge in [0, 0.05) is 37.8 Å². The molecule has 3 atom stereocenters. The van der Waals surface area contributed by atoms with E-state index in [-0.39, 0.29) is 18.6 Å². The Hall–Kier alpha value is -2.06. The molecule has 1 amide bonds. The number of pyridine rings is 1. The molecule has 0 radical (unpaired) electrons. The third-order valence-corrected chi connectivity index (χ3v) is 5.31. The van der Waals surface area contributed by atoms with E-state index in [1.165, 1.54) is 0 Å². The molecule has 0 aliphatic carbocycles. The van der Waals surface area contributed by atoms with Crippen LogP contribution in [-0.2, 0) is 4.74 Å². The minimum absolute atomic E-state index is 0.0677. The molecule has 26 heavy (non-hydrogen) atoms. The highest BCUT2D eigenvalue weighted by atomic mass is 16.5. The summed E-state index contributed by atoms with van der Waals surface area (Å²) in [4.78, 5) is 21.2. The molecule has 2 aromatic rings. The fourth-order valence-electron chi connectivity index (χ4n) is 3.78. The maximum atomic E-state index is 12.9. The molecule has 2 aliphatic heterocycles. The fraction of sp³-hybridized carbons (Fsp3) is 0.474. The zero-order valence-electron chi connectivity index (χ0n) is 14.5. The van der Waals surface area contributed by atoms with Crippen LogP contribution < -0.4 is 0 Å². The number of aromatic nitrogens is 1. The summed E-state index contributed by atoms with van der Waals surface area (Å²) in [7, 11) is 0. The molecule has 2 N–H and O–H groups in total. The zero-order chi connectivity index (χ0) is 18.1. The smallest absolute Gasteiger partial charge is 0.273 e. The number of hydrogen-bond acceptors (Lipinski definition) is 6. The Balaban J connectivity index is 1.45. The summed E-state index contributed by atoms with van der Waals surface area (Å²) in [6.45, 7) is 2.95. The Kier molecular flexibility index (Phi) is 4.86. The average Bonchev–Trinajstić information content (AvgIpc) is 2.69. The summed E-state index contributed by atoms with van der Waals surface area (Å²) in [6.07, 6.45) is 0.00201. The van der Waals surface area contributed by atoms with Crippen LogP contribution >= 0.6 is 0 Å². The molecule has 4 rings (SSSR count). The quantitative estimate of drug-likeness (QED) is 0.794. The average molecular weight is 357 g/mol. The first-order valence-corrected chi connectivity index (χ1v) is 8.96. The fourth-order valence-corrected chi connectivity index (χ4v) is 3.78. The predicted molar refractivity (Wildman–Crippen MR) is 95.8 cm³/mol. The number of ether oxygens (including phenoxy) is 1. The van der Waals surface area contributed by atoms with Gasteiger partial charge in [-0.2, -0.15) is 0 Å². The van der Waals surface area contributed by atoms with E-state index in [0.717, 1.165) is 10.8 Å². The number of aliphatic hydroxyl groups is 2. The van der Waals surface area contributed by atoms with Crippen molar-refractivity contribution in [2.75, 3.05) is 39.4 Å². The number of hydrogen-bond donors (Lipinski definition) is 2. The number of fused-ring (bicyclic) bond motifs is 1. The van der Waals surface area contributed by atoms with Gasteiger partial charge in [0.2, 0.25) is 0 Å². The van der Waals surface area contributed by atoms with Crippen molar-refractivity contribution in [1.29, 1.82) is 0 Å². The van der Waals surface area contributed by atoms with Gasteiger partial charge in [-0.05, 0) is 11.5 Å². The highest BCUT2D eigenvalue weighted by Gasteiger charge is 2.37. The zero-order valence-corrected chi connectivity index (χ0v) is 14.5. The Morgan fingerprint density at radius 1 is 1.08 bits per heavy atom. The van der Waals surface area contributed by atoms with Gasteiger partial charge in [-0.25, -0.2) is 0 Å². The summed E-state index contributed by atoms with van der Waals surface area (Å²) in [5.74, 6) is -0.0677. The number of carbonyl (C=O) groups excluding carboxylic acids is 1. The SMILES string of the molecule is O=C(c1nccc2ccccc12)N1CCN([C@@H]2COC[C@@H](O)[C@H]2O)CC1. The lowest BCUT2D eigenvalue weighted by molar-refractivity contribution is -0.136. The second-order valence-corrected chi connectivity index (χ2v) is 6.87. The van der Waals surface area contributed by atoms with Gasteiger partial charge in [-0.15, -0.1) is 0 Å². The largest absolute Gasteiger partial charge is 0.389 e. The third-order valence-electron chi connectivity index (χ3n) is 5.31. The Morgan fingerprint density at radius 2 is 1.85 bits per heavy atom. The molecule has 7 heteroatoms. The number of rotatable bonds is 2. The molecule has 2 fully saturated rings. The first kappa shape index (κ1) is 17.4. The van der Waals surface area contributed by atoms with Crippen molar-refractivity contribution >= 4 is 16.7 Å². The van der Waals surface area contributed by atoms with Crippen LogP contribution in [-0.4, -0.2) is 88.5 Å². The number of amides is 1. The summed E-state index contributed by atoms with van der Waals surface area (Å²) in [6, 6.07) is 9.42. The van der Waals surface area contributed by atoms with E-state index in [1.807, 2.05) is 30.3 Å². The highest BCUT2D eigenvalue weighted by Crippen LogP contribution is 2.20. The molecule has 1 aromatic carbocycles. The number of piperazine rings is 1. The Labute approximate surface area is 151 Å². The first-order chi connectivity index (χ1) is 12.6. The molecule has 0 unspecified atom stereocenters. The molecular weight excluding hydrogens is 334 g/mol. The maximum Gasteiger partial charge on any atom is 0.273 e. The normalized spacial score (nSPS) is 27.6. The van der Waals surface area contributed by atoms with Crippen LogP contribution in [0.4, 0.5) is 0 Å². The Morgan fingerprint density at radius 3 is 2.65 bits per heavy atom. The van der Waals surface area contributed by atoms with Crippen molar-refractivity contribution in [3.63, 3.8) is 0 Å². The van der Waals surface area contributed by atoms with Crippen LogP contribution in [0.5, 0.6) is 0 Å². The molecule has 138 valence electrons. The summed E-state index contributed by atoms with van der Waals surface area (Å²) in [5.41, 5.74) is 0.480. The van der Waals surface area contributed by atoms with E-state index < -0.39 is 12.2 Å². The lowest BCUT2D eigenvalue weighted by Gasteiger charge is -2.43. The van der Waals surface area contributed by atoms with Crippen LogP contribution in [0.25, 0.3) is 10.8 Å². The van der Waals surface area contributed by atoms with Crippen molar-refractivity contribution in [2.24, 2.45) is 0 Å². The molecule has 2 aliphatic rings. The number of nitrogens with zero attached hydrogens (tertiary/aromatic N) is 3. The first-order valence-electron chi connectivity index (χ1n) is 8.96. The monoisotopic (exact) mass is 357 g/mol. The lowest BCUT2D eigenvalue weighted by Crippen LogP contribution is -2.60. The van der Waals surface area contributed by atoms with Crippen LogP contribution in [0.1, 0.15) is 10.5 Å². The van der Waals surface area contributed by atoms with Crippen molar-refractivity contribution in [1.82, 2.24) is 14.8 Å². The van der Waals surface area contributed by atoms with E-state index >= 15 is 0 Å². The number of aliphatic hydroxyl groups excluding tert-OH is 2. The van der Waals surface area contributed by atoms with E-state index in [2.05, 4.69) is 9.88 Å². The van der Waals surface area contributed by atoms with Crippen LogP contribution in [0, 0.1) is 0 Å². The molecule has 2 saturated heterocycles. The highest BCUT2D eigenvalue weighted by molar-refractivity contribution is 6.05. The van der Waals surface area contributed by atoms with Crippen LogP contribution in [0.2, 0.25) is 0 Å². The van der Waals surface area contributed by atoms with Gasteiger partial charge in [0.05, 0.1) is 25.4 Å². The summed E-state index contributed by atoms with van der Waals surface area (Å²) < 4.78 is 5.37. The van der Waals surface area contributed by atoms with Crippen molar-refractivity contribution in [2.45, 2.75) is 18.2 Å².